The molecule has 14 heavy (non-hydrogen) atoms. The lowest BCUT2D eigenvalue weighted by Gasteiger charge is -2.30. The Balaban J connectivity index is 2.64. The summed E-state index contributed by atoms with van der Waals surface area (Å²) in [6, 6.07) is 0.506. The van der Waals surface area contributed by atoms with Crippen LogP contribution < -0.4 is 0 Å². The molecular weight excluding hydrogens is 176 g/mol. The molecule has 1 saturated heterocycles. The lowest BCUT2D eigenvalue weighted by Crippen LogP contribution is -2.39. The van der Waals surface area contributed by atoms with Gasteiger partial charge >= 0.3 is 0 Å². The highest BCUT2D eigenvalue weighted by Gasteiger charge is 2.30. The molecule has 0 saturated carbocycles. The molecule has 1 rings (SSSR count). The third kappa shape index (κ3) is 3.23. The SMILES string of the molecule is CN1CC(CCO)N(C)CC(C)(C)C1. The van der Waals surface area contributed by atoms with Crippen LogP contribution in [0.2, 0.25) is 0 Å². The average molecular weight is 200 g/mol. The Kier molecular flexibility index (Phi) is 3.93. The molecule has 1 atom stereocenters. The van der Waals surface area contributed by atoms with Crippen molar-refractivity contribution in [2.45, 2.75) is 26.3 Å². The standard InChI is InChI=1S/C11H24N2O/c1-11(2)8-12(3)7-10(5-6-14)13(4)9-11/h10,14H,5-9H2,1-4H3. The quantitative estimate of drug-likeness (QED) is 0.708. The van der Waals surface area contributed by atoms with E-state index in [0.29, 0.717) is 18.1 Å². The molecule has 0 aliphatic carbocycles. The molecule has 3 nitrogen and oxygen atoms in total. The highest BCUT2D eigenvalue weighted by atomic mass is 16.3. The van der Waals surface area contributed by atoms with Crippen LogP contribution in [0.1, 0.15) is 20.3 Å². The predicted octanol–water partition coefficient (Wildman–Crippen LogP) is 0.641. The summed E-state index contributed by atoms with van der Waals surface area (Å²) in [4.78, 5) is 4.77. The van der Waals surface area contributed by atoms with Gasteiger partial charge in [0, 0.05) is 32.3 Å². The van der Waals surface area contributed by atoms with E-state index in [2.05, 4.69) is 37.7 Å². The van der Waals surface area contributed by atoms with Gasteiger partial charge in [0.25, 0.3) is 0 Å². The van der Waals surface area contributed by atoms with Gasteiger partial charge in [0.2, 0.25) is 0 Å². The normalized spacial score (nSPS) is 30.2. The lowest BCUT2D eigenvalue weighted by molar-refractivity contribution is 0.161. The summed E-state index contributed by atoms with van der Waals surface area (Å²) >= 11 is 0. The topological polar surface area (TPSA) is 26.7 Å². The summed E-state index contributed by atoms with van der Waals surface area (Å²) < 4.78 is 0. The van der Waals surface area contributed by atoms with Crippen LogP contribution in [0.3, 0.4) is 0 Å². The maximum absolute atomic E-state index is 9.00. The summed E-state index contributed by atoms with van der Waals surface area (Å²) in [5.74, 6) is 0. The zero-order valence-corrected chi connectivity index (χ0v) is 9.95. The Morgan fingerprint density at radius 1 is 1.29 bits per heavy atom. The second-order valence-corrected chi connectivity index (χ2v) is 5.44. The molecule has 0 spiro atoms. The summed E-state index contributed by atoms with van der Waals surface area (Å²) in [6.45, 7) is 8.23. The molecule has 84 valence electrons. The number of aliphatic hydroxyl groups excluding tert-OH is 1. The smallest absolute Gasteiger partial charge is 0.0446 e. The van der Waals surface area contributed by atoms with E-state index in [1.54, 1.807) is 0 Å². The summed E-state index contributed by atoms with van der Waals surface area (Å²) in [5.41, 5.74) is 0.355. The van der Waals surface area contributed by atoms with Gasteiger partial charge in [-0.1, -0.05) is 13.8 Å². The Bertz CT molecular complexity index is 182. The summed E-state index contributed by atoms with van der Waals surface area (Å²) in [6.07, 6.45) is 0.886. The van der Waals surface area contributed by atoms with Gasteiger partial charge < -0.3 is 14.9 Å². The minimum atomic E-state index is 0.295. The molecule has 1 N–H and O–H groups in total. The van der Waals surface area contributed by atoms with Gasteiger partial charge in [-0.15, -0.1) is 0 Å². The highest BCUT2D eigenvalue weighted by Crippen LogP contribution is 2.23. The Morgan fingerprint density at radius 2 is 1.93 bits per heavy atom. The van der Waals surface area contributed by atoms with Crippen molar-refractivity contribution >= 4 is 0 Å². The molecule has 0 aromatic heterocycles. The first-order valence-electron chi connectivity index (χ1n) is 5.44. The third-order valence-electron chi connectivity index (χ3n) is 2.98. The van der Waals surface area contributed by atoms with Crippen LogP contribution in [-0.4, -0.2) is 61.3 Å². The van der Waals surface area contributed by atoms with Crippen LogP contribution in [0.15, 0.2) is 0 Å². The minimum absolute atomic E-state index is 0.295. The predicted molar refractivity (Wildman–Crippen MR) is 59.4 cm³/mol. The second kappa shape index (κ2) is 4.60. The fraction of sp³-hybridized carbons (Fsp3) is 1.00. The first-order valence-corrected chi connectivity index (χ1v) is 5.44. The van der Waals surface area contributed by atoms with E-state index in [4.69, 9.17) is 5.11 Å². The third-order valence-corrected chi connectivity index (χ3v) is 2.98. The molecule has 0 amide bonds. The van der Waals surface area contributed by atoms with E-state index >= 15 is 0 Å². The van der Waals surface area contributed by atoms with Gasteiger partial charge in [-0.05, 0) is 25.9 Å². The van der Waals surface area contributed by atoms with Crippen LogP contribution in [-0.2, 0) is 0 Å². The van der Waals surface area contributed by atoms with Crippen LogP contribution >= 0.6 is 0 Å². The van der Waals surface area contributed by atoms with Crippen molar-refractivity contribution in [3.63, 3.8) is 0 Å². The van der Waals surface area contributed by atoms with Gasteiger partial charge in [0.05, 0.1) is 0 Å². The highest BCUT2D eigenvalue weighted by molar-refractivity contribution is 4.85. The van der Waals surface area contributed by atoms with Crippen molar-refractivity contribution in [2.75, 3.05) is 40.3 Å². The number of hydrogen-bond donors (Lipinski definition) is 1. The van der Waals surface area contributed by atoms with Crippen LogP contribution in [0.5, 0.6) is 0 Å². The number of aliphatic hydroxyl groups is 1. The largest absolute Gasteiger partial charge is 0.396 e. The van der Waals surface area contributed by atoms with Gasteiger partial charge in [-0.2, -0.15) is 0 Å². The molecule has 0 aromatic carbocycles. The van der Waals surface area contributed by atoms with Gasteiger partial charge in [0.15, 0.2) is 0 Å². The first kappa shape index (κ1) is 12.0. The van der Waals surface area contributed by atoms with E-state index in [1.807, 2.05) is 0 Å². The van der Waals surface area contributed by atoms with Crippen molar-refractivity contribution in [1.29, 1.82) is 0 Å². The van der Waals surface area contributed by atoms with E-state index in [-0.39, 0.29) is 0 Å². The van der Waals surface area contributed by atoms with Gasteiger partial charge in [0.1, 0.15) is 0 Å². The lowest BCUT2D eigenvalue weighted by atomic mass is 9.93. The maximum Gasteiger partial charge on any atom is 0.0446 e. The van der Waals surface area contributed by atoms with Crippen LogP contribution in [0, 0.1) is 5.41 Å². The number of hydrogen-bond acceptors (Lipinski definition) is 3. The van der Waals surface area contributed by atoms with Crippen molar-refractivity contribution < 1.29 is 5.11 Å². The van der Waals surface area contributed by atoms with Crippen molar-refractivity contribution in [2.24, 2.45) is 5.41 Å². The second-order valence-electron chi connectivity index (χ2n) is 5.44. The fourth-order valence-corrected chi connectivity index (χ4v) is 2.61. The minimum Gasteiger partial charge on any atom is -0.396 e. The molecule has 1 heterocycles. The van der Waals surface area contributed by atoms with E-state index in [1.165, 1.54) is 0 Å². The van der Waals surface area contributed by atoms with Gasteiger partial charge in [-0.3, -0.25) is 0 Å². The molecular formula is C11H24N2O. The molecule has 0 aromatic rings. The zero-order chi connectivity index (χ0) is 10.8. The Hall–Kier alpha value is -0.120. The Morgan fingerprint density at radius 3 is 2.50 bits per heavy atom. The molecule has 1 fully saturated rings. The number of rotatable bonds is 2. The summed E-state index contributed by atoms with van der Waals surface area (Å²) in [7, 11) is 4.34. The monoisotopic (exact) mass is 200 g/mol. The van der Waals surface area contributed by atoms with Crippen LogP contribution in [0.4, 0.5) is 0 Å². The molecule has 1 aliphatic heterocycles. The molecule has 0 radical (unpaired) electrons. The number of nitrogens with zero attached hydrogens (tertiary/aromatic N) is 2. The van der Waals surface area contributed by atoms with E-state index in [0.717, 1.165) is 26.1 Å². The van der Waals surface area contributed by atoms with E-state index < -0.39 is 0 Å². The van der Waals surface area contributed by atoms with Crippen molar-refractivity contribution in [3.05, 3.63) is 0 Å². The maximum atomic E-state index is 9.00. The molecule has 1 unspecified atom stereocenters. The fourth-order valence-electron chi connectivity index (χ4n) is 2.61. The van der Waals surface area contributed by atoms with E-state index in [9.17, 15) is 0 Å². The van der Waals surface area contributed by atoms with Crippen LogP contribution in [0.25, 0.3) is 0 Å². The van der Waals surface area contributed by atoms with Crippen molar-refractivity contribution in [1.82, 2.24) is 9.80 Å². The molecule has 0 bridgehead atoms. The van der Waals surface area contributed by atoms with Crippen molar-refractivity contribution in [3.8, 4) is 0 Å². The number of likely N-dealkylation sites (N-methyl/N-ethyl adjacent to an activating group) is 2. The Labute approximate surface area is 87.7 Å². The summed E-state index contributed by atoms with van der Waals surface area (Å²) in [5, 5.41) is 9.00. The van der Waals surface area contributed by atoms with Gasteiger partial charge in [-0.25, -0.2) is 0 Å². The molecule has 1 aliphatic rings. The zero-order valence-electron chi connectivity index (χ0n) is 9.95. The average Bonchev–Trinajstić information content (AvgIpc) is 2.08. The first-order chi connectivity index (χ1) is 6.44. The molecule has 3 heteroatoms.